The van der Waals surface area contributed by atoms with Crippen molar-refractivity contribution in [2.24, 2.45) is 0 Å². The molecule has 8 heteroatoms. The fourth-order valence-corrected chi connectivity index (χ4v) is 8.33. The molecule has 0 aliphatic rings. The fourth-order valence-electron chi connectivity index (χ4n) is 8.33. The number of fused-ring (bicyclic) bond motifs is 6. The van der Waals surface area contributed by atoms with Crippen molar-refractivity contribution < 1.29 is 0 Å². The van der Waals surface area contributed by atoms with Crippen LogP contribution in [0.25, 0.3) is 105 Å². The van der Waals surface area contributed by atoms with Gasteiger partial charge in [-0.3, -0.25) is 4.98 Å². The minimum Gasteiger partial charge on any atom is -0.309 e. The average Bonchev–Trinajstić information content (AvgIpc) is 3.84. The van der Waals surface area contributed by atoms with E-state index >= 15 is 0 Å². The van der Waals surface area contributed by atoms with Gasteiger partial charge in [0, 0.05) is 50.3 Å². The van der Waals surface area contributed by atoms with Crippen LogP contribution in [0.3, 0.4) is 0 Å². The molecule has 0 spiro atoms. The van der Waals surface area contributed by atoms with E-state index in [9.17, 15) is 5.26 Å². The van der Waals surface area contributed by atoms with E-state index in [1.807, 2.05) is 134 Å². The van der Waals surface area contributed by atoms with Gasteiger partial charge in [-0.15, -0.1) is 0 Å². The molecule has 11 aromatic rings. The molecular formula is C52H30N8. The van der Waals surface area contributed by atoms with E-state index in [4.69, 9.17) is 26.5 Å². The first-order valence-corrected chi connectivity index (χ1v) is 19.5. The molecule has 0 N–H and O–H groups in total. The molecular weight excluding hydrogens is 737 g/mol. The lowest BCUT2D eigenvalue weighted by Gasteiger charge is -2.17. The largest absolute Gasteiger partial charge is 0.309 e. The summed E-state index contributed by atoms with van der Waals surface area (Å²) in [5, 5.41) is 13.9. The molecule has 0 aliphatic heterocycles. The van der Waals surface area contributed by atoms with Gasteiger partial charge in [-0.2, -0.15) is 5.26 Å². The standard InChI is InChI=1S/C52H30N8/c1-54-37-22-25-48-42(30-37)40-17-9-11-19-46(40)60(48)49-24-21-36(52-57-50(34-12-4-2-5-13-34)56-51(58-52)35-14-6-3-7-15-35)29-43(49)44-31-38(26-27-55-44)59-45-18-10-8-16-39(45)41-28-33(32-53)20-23-47(41)59/h2-31H. The van der Waals surface area contributed by atoms with Gasteiger partial charge in [-0.1, -0.05) is 103 Å². The number of para-hydroxylation sites is 2. The molecule has 0 amide bonds. The first-order chi connectivity index (χ1) is 29.6. The lowest BCUT2D eigenvalue weighted by molar-refractivity contribution is 1.07. The molecule has 0 unspecified atom stereocenters. The first kappa shape index (κ1) is 34.5. The number of nitrogens with zero attached hydrogens (tertiary/aromatic N) is 8. The van der Waals surface area contributed by atoms with Gasteiger partial charge in [0.15, 0.2) is 23.2 Å². The highest BCUT2D eigenvalue weighted by Gasteiger charge is 2.21. The van der Waals surface area contributed by atoms with E-state index in [0.29, 0.717) is 28.7 Å². The van der Waals surface area contributed by atoms with Crippen LogP contribution in [0.2, 0.25) is 0 Å². The Morgan fingerprint density at radius 3 is 1.72 bits per heavy atom. The van der Waals surface area contributed by atoms with Gasteiger partial charge in [0.1, 0.15) is 0 Å². The summed E-state index contributed by atoms with van der Waals surface area (Å²) in [5.41, 5.74) is 11.2. The van der Waals surface area contributed by atoms with E-state index in [1.165, 1.54) is 0 Å². The third kappa shape index (κ3) is 5.67. The predicted molar refractivity (Wildman–Crippen MR) is 239 cm³/mol. The molecule has 0 bridgehead atoms. The van der Waals surface area contributed by atoms with Gasteiger partial charge in [-0.05, 0) is 78.2 Å². The molecule has 7 aromatic carbocycles. The zero-order valence-corrected chi connectivity index (χ0v) is 31.9. The molecule has 8 nitrogen and oxygen atoms in total. The normalized spacial score (nSPS) is 11.3. The number of aromatic nitrogens is 6. The van der Waals surface area contributed by atoms with Crippen LogP contribution in [-0.2, 0) is 0 Å². The Labute approximate surface area is 344 Å². The van der Waals surface area contributed by atoms with Gasteiger partial charge in [-0.25, -0.2) is 19.8 Å². The number of nitriles is 1. The van der Waals surface area contributed by atoms with E-state index < -0.39 is 0 Å². The van der Waals surface area contributed by atoms with Crippen LogP contribution < -0.4 is 0 Å². The molecule has 0 radical (unpaired) electrons. The van der Waals surface area contributed by atoms with Crippen LogP contribution in [0.4, 0.5) is 5.69 Å². The molecule has 4 aromatic heterocycles. The van der Waals surface area contributed by atoms with Crippen LogP contribution in [-0.4, -0.2) is 29.1 Å². The summed E-state index contributed by atoms with van der Waals surface area (Å²) in [7, 11) is 0. The molecule has 0 saturated heterocycles. The average molecular weight is 767 g/mol. The Hall–Kier alpha value is -8.72. The van der Waals surface area contributed by atoms with Crippen molar-refractivity contribution in [2.45, 2.75) is 0 Å². The second-order valence-corrected chi connectivity index (χ2v) is 14.5. The number of benzene rings is 7. The minimum absolute atomic E-state index is 0.534. The van der Waals surface area contributed by atoms with E-state index in [0.717, 1.165) is 82.9 Å². The Kier molecular flexibility index (Phi) is 8.07. The lowest BCUT2D eigenvalue weighted by atomic mass is 10.0. The van der Waals surface area contributed by atoms with Gasteiger partial charge in [0.25, 0.3) is 0 Å². The fraction of sp³-hybridized carbons (Fsp3) is 0. The van der Waals surface area contributed by atoms with Crippen LogP contribution in [0.15, 0.2) is 182 Å². The second-order valence-electron chi connectivity index (χ2n) is 14.5. The maximum atomic E-state index is 9.78. The quantitative estimate of drug-likeness (QED) is 0.157. The SMILES string of the molecule is [C-]#[N+]c1ccc2c(c1)c1ccccc1n2-c1ccc(-c2nc(-c3ccccc3)nc(-c3ccccc3)n2)cc1-c1cc(-n2c3ccccc3c3cc(C#N)ccc32)ccn1. The third-order valence-electron chi connectivity index (χ3n) is 11.1. The van der Waals surface area contributed by atoms with Crippen molar-refractivity contribution >= 4 is 49.3 Å². The van der Waals surface area contributed by atoms with E-state index in [-0.39, 0.29) is 0 Å². The molecule has 278 valence electrons. The topological polar surface area (TPSA) is 89.6 Å². The summed E-state index contributed by atoms with van der Waals surface area (Å²) in [6.45, 7) is 7.77. The Morgan fingerprint density at radius 1 is 0.483 bits per heavy atom. The summed E-state index contributed by atoms with van der Waals surface area (Å²) < 4.78 is 4.49. The van der Waals surface area contributed by atoms with Crippen LogP contribution >= 0.6 is 0 Å². The summed E-state index contributed by atoms with van der Waals surface area (Å²) >= 11 is 0. The minimum atomic E-state index is 0.534. The zero-order chi connectivity index (χ0) is 40.2. The maximum Gasteiger partial charge on any atom is 0.188 e. The monoisotopic (exact) mass is 766 g/mol. The van der Waals surface area contributed by atoms with Gasteiger partial charge < -0.3 is 9.13 Å². The molecule has 11 rings (SSSR count). The van der Waals surface area contributed by atoms with Crippen molar-refractivity contribution in [1.82, 2.24) is 29.1 Å². The second kappa shape index (κ2) is 14.0. The Morgan fingerprint density at radius 2 is 1.05 bits per heavy atom. The summed E-state index contributed by atoms with van der Waals surface area (Å²) in [6.07, 6.45) is 1.85. The van der Waals surface area contributed by atoms with Crippen molar-refractivity contribution in [2.75, 3.05) is 0 Å². The van der Waals surface area contributed by atoms with E-state index in [2.05, 4.69) is 68.6 Å². The number of hydrogen-bond acceptors (Lipinski definition) is 5. The summed E-state index contributed by atoms with van der Waals surface area (Å²) in [4.78, 5) is 23.9. The molecule has 0 fully saturated rings. The molecule has 4 heterocycles. The van der Waals surface area contributed by atoms with Gasteiger partial charge in [0.2, 0.25) is 0 Å². The molecule has 0 atom stereocenters. The van der Waals surface area contributed by atoms with E-state index in [1.54, 1.807) is 0 Å². The lowest BCUT2D eigenvalue weighted by Crippen LogP contribution is -2.03. The highest BCUT2D eigenvalue weighted by atomic mass is 15.0. The van der Waals surface area contributed by atoms with Crippen molar-refractivity contribution in [3.8, 4) is 62.9 Å². The smallest absolute Gasteiger partial charge is 0.188 e. The molecule has 0 aliphatic carbocycles. The van der Waals surface area contributed by atoms with Crippen LogP contribution in [0, 0.1) is 17.9 Å². The predicted octanol–water partition coefficient (Wildman–Crippen LogP) is 12.6. The third-order valence-corrected chi connectivity index (χ3v) is 11.1. The zero-order valence-electron chi connectivity index (χ0n) is 31.9. The molecule has 60 heavy (non-hydrogen) atoms. The maximum absolute atomic E-state index is 9.78. The first-order valence-electron chi connectivity index (χ1n) is 19.5. The van der Waals surface area contributed by atoms with Crippen LogP contribution in [0.1, 0.15) is 5.56 Å². The number of rotatable bonds is 6. The van der Waals surface area contributed by atoms with Crippen molar-refractivity contribution in [3.05, 3.63) is 199 Å². The van der Waals surface area contributed by atoms with Gasteiger partial charge >= 0.3 is 0 Å². The van der Waals surface area contributed by atoms with Gasteiger partial charge in [0.05, 0.1) is 51.7 Å². The van der Waals surface area contributed by atoms with Crippen LogP contribution in [0.5, 0.6) is 0 Å². The Bertz CT molecular complexity index is 3510. The summed E-state index contributed by atoms with van der Waals surface area (Å²) in [5.74, 6) is 1.69. The van der Waals surface area contributed by atoms with Crippen molar-refractivity contribution in [1.29, 1.82) is 5.26 Å². The van der Waals surface area contributed by atoms with Crippen molar-refractivity contribution in [3.63, 3.8) is 0 Å². The highest BCUT2D eigenvalue weighted by Crippen LogP contribution is 2.40. The number of hydrogen-bond donors (Lipinski definition) is 0. The molecule has 0 saturated carbocycles. The number of pyridine rings is 1. The highest BCUT2D eigenvalue weighted by molar-refractivity contribution is 6.11. The summed E-state index contributed by atoms with van der Waals surface area (Å²) in [6, 6.07) is 61.0. The Balaban J connectivity index is 1.18.